The molecule has 2 rings (SSSR count). The Balaban J connectivity index is 0.00000200. The van der Waals surface area contributed by atoms with Gasteiger partial charge in [0.1, 0.15) is 5.82 Å². The predicted octanol–water partition coefficient (Wildman–Crippen LogP) is 1.92. The van der Waals surface area contributed by atoms with E-state index in [4.69, 9.17) is 5.73 Å². The molecule has 1 aliphatic rings. The standard InChI is InChI=1S/C13H19FN2O2S.ClH/c1-10-5-11(14)7-12(6-10)19(17,18)16-4-3-13(2,8-15)9-16;/h5-7H,3-4,8-9,15H2,1-2H3;1H. The predicted molar refractivity (Wildman–Crippen MR) is 78.9 cm³/mol. The summed E-state index contributed by atoms with van der Waals surface area (Å²) < 4.78 is 39.7. The molecule has 0 saturated carbocycles. The molecular weight excluding hydrogens is 303 g/mol. The Morgan fingerprint density at radius 3 is 2.55 bits per heavy atom. The van der Waals surface area contributed by atoms with Gasteiger partial charge in [0.2, 0.25) is 10.0 Å². The molecule has 1 atom stereocenters. The molecule has 1 aromatic carbocycles. The topological polar surface area (TPSA) is 63.4 Å². The minimum atomic E-state index is -3.63. The van der Waals surface area contributed by atoms with Gasteiger partial charge in [-0.15, -0.1) is 12.4 Å². The maximum Gasteiger partial charge on any atom is 0.243 e. The summed E-state index contributed by atoms with van der Waals surface area (Å²) in [6.07, 6.45) is 0.733. The summed E-state index contributed by atoms with van der Waals surface area (Å²) in [6, 6.07) is 3.88. The van der Waals surface area contributed by atoms with Gasteiger partial charge in [-0.2, -0.15) is 4.31 Å². The van der Waals surface area contributed by atoms with Crippen molar-refractivity contribution >= 4 is 22.4 Å². The first-order valence-corrected chi connectivity index (χ1v) is 7.68. The molecule has 114 valence electrons. The molecule has 0 amide bonds. The van der Waals surface area contributed by atoms with Crippen LogP contribution in [-0.2, 0) is 10.0 Å². The van der Waals surface area contributed by atoms with Crippen molar-refractivity contribution in [1.29, 1.82) is 0 Å². The summed E-state index contributed by atoms with van der Waals surface area (Å²) in [5.41, 5.74) is 6.09. The van der Waals surface area contributed by atoms with Crippen molar-refractivity contribution < 1.29 is 12.8 Å². The molecule has 20 heavy (non-hydrogen) atoms. The van der Waals surface area contributed by atoms with Crippen molar-refractivity contribution in [2.45, 2.75) is 25.2 Å². The van der Waals surface area contributed by atoms with Gasteiger partial charge in [-0.1, -0.05) is 6.92 Å². The SMILES string of the molecule is Cc1cc(F)cc(S(=O)(=O)N2CCC(C)(CN)C2)c1.Cl. The van der Waals surface area contributed by atoms with Gasteiger partial charge in [0.15, 0.2) is 0 Å². The van der Waals surface area contributed by atoms with Gasteiger partial charge in [-0.05, 0) is 49.1 Å². The molecule has 1 saturated heterocycles. The molecule has 0 spiro atoms. The zero-order chi connectivity index (χ0) is 14.3. The molecule has 1 heterocycles. The molecule has 4 nitrogen and oxygen atoms in total. The summed E-state index contributed by atoms with van der Waals surface area (Å²) in [6.45, 7) is 4.92. The molecule has 1 unspecified atom stereocenters. The zero-order valence-electron chi connectivity index (χ0n) is 11.6. The normalized spacial score (nSPS) is 23.6. The van der Waals surface area contributed by atoms with Crippen LogP contribution in [0.3, 0.4) is 0 Å². The van der Waals surface area contributed by atoms with Crippen LogP contribution in [0, 0.1) is 18.2 Å². The van der Waals surface area contributed by atoms with E-state index in [0.29, 0.717) is 25.2 Å². The fourth-order valence-electron chi connectivity index (χ4n) is 2.35. The molecule has 1 fully saturated rings. The van der Waals surface area contributed by atoms with Crippen molar-refractivity contribution in [3.05, 3.63) is 29.6 Å². The fourth-order valence-corrected chi connectivity index (χ4v) is 4.06. The van der Waals surface area contributed by atoms with Gasteiger partial charge in [-0.3, -0.25) is 0 Å². The summed E-state index contributed by atoms with van der Waals surface area (Å²) in [5, 5.41) is 0. The van der Waals surface area contributed by atoms with E-state index in [1.54, 1.807) is 6.92 Å². The number of sulfonamides is 1. The number of hydrogen-bond acceptors (Lipinski definition) is 3. The highest BCUT2D eigenvalue weighted by Crippen LogP contribution is 2.32. The van der Waals surface area contributed by atoms with E-state index in [2.05, 4.69) is 0 Å². The Morgan fingerprint density at radius 2 is 2.05 bits per heavy atom. The Hall–Kier alpha value is -0.690. The summed E-state index contributed by atoms with van der Waals surface area (Å²) >= 11 is 0. The average molecular weight is 323 g/mol. The van der Waals surface area contributed by atoms with E-state index >= 15 is 0 Å². The van der Waals surface area contributed by atoms with Crippen LogP contribution >= 0.6 is 12.4 Å². The lowest BCUT2D eigenvalue weighted by molar-refractivity contribution is 0.349. The highest BCUT2D eigenvalue weighted by Gasteiger charge is 2.39. The number of nitrogens with zero attached hydrogens (tertiary/aromatic N) is 1. The molecule has 7 heteroatoms. The average Bonchev–Trinajstić information content (AvgIpc) is 2.72. The van der Waals surface area contributed by atoms with Gasteiger partial charge >= 0.3 is 0 Å². The van der Waals surface area contributed by atoms with E-state index in [1.807, 2.05) is 6.92 Å². The van der Waals surface area contributed by atoms with E-state index < -0.39 is 15.8 Å². The molecule has 1 aliphatic heterocycles. The zero-order valence-corrected chi connectivity index (χ0v) is 13.2. The van der Waals surface area contributed by atoms with Crippen molar-refractivity contribution in [1.82, 2.24) is 4.31 Å². The first-order chi connectivity index (χ1) is 8.77. The van der Waals surface area contributed by atoms with Crippen LogP contribution in [0.4, 0.5) is 4.39 Å². The third-order valence-corrected chi connectivity index (χ3v) is 5.49. The fraction of sp³-hybridized carbons (Fsp3) is 0.538. The van der Waals surface area contributed by atoms with Gasteiger partial charge in [0.25, 0.3) is 0 Å². The number of benzene rings is 1. The van der Waals surface area contributed by atoms with Crippen LogP contribution in [-0.4, -0.2) is 32.4 Å². The second-order valence-electron chi connectivity index (χ2n) is 5.57. The van der Waals surface area contributed by atoms with E-state index in [1.165, 1.54) is 16.4 Å². The van der Waals surface area contributed by atoms with Gasteiger partial charge in [-0.25, -0.2) is 12.8 Å². The quantitative estimate of drug-likeness (QED) is 0.924. The van der Waals surface area contributed by atoms with Gasteiger partial charge in [0.05, 0.1) is 4.90 Å². The lowest BCUT2D eigenvalue weighted by atomic mass is 9.90. The van der Waals surface area contributed by atoms with Gasteiger partial charge in [0, 0.05) is 13.1 Å². The van der Waals surface area contributed by atoms with Crippen LogP contribution in [0.1, 0.15) is 18.9 Å². The monoisotopic (exact) mass is 322 g/mol. The first kappa shape index (κ1) is 17.4. The molecule has 1 aromatic rings. The maximum atomic E-state index is 13.4. The van der Waals surface area contributed by atoms with Crippen molar-refractivity contribution in [3.63, 3.8) is 0 Å². The summed E-state index contributed by atoms with van der Waals surface area (Å²) in [7, 11) is -3.63. The van der Waals surface area contributed by atoms with Crippen LogP contribution in [0.25, 0.3) is 0 Å². The van der Waals surface area contributed by atoms with Crippen LogP contribution in [0.15, 0.2) is 23.1 Å². The molecule has 2 N–H and O–H groups in total. The highest BCUT2D eigenvalue weighted by molar-refractivity contribution is 7.89. The third kappa shape index (κ3) is 3.31. The van der Waals surface area contributed by atoms with Gasteiger partial charge < -0.3 is 5.73 Å². The smallest absolute Gasteiger partial charge is 0.243 e. The number of hydrogen-bond donors (Lipinski definition) is 1. The lowest BCUT2D eigenvalue weighted by Gasteiger charge is -2.22. The number of halogens is 2. The third-order valence-electron chi connectivity index (χ3n) is 3.67. The van der Waals surface area contributed by atoms with Crippen LogP contribution in [0.2, 0.25) is 0 Å². The highest BCUT2D eigenvalue weighted by atomic mass is 35.5. The van der Waals surface area contributed by atoms with Crippen molar-refractivity contribution in [2.24, 2.45) is 11.1 Å². The summed E-state index contributed by atoms with van der Waals surface area (Å²) in [5.74, 6) is -0.528. The largest absolute Gasteiger partial charge is 0.330 e. The molecule has 0 radical (unpaired) electrons. The molecule has 0 aliphatic carbocycles. The minimum absolute atomic E-state index is 0. The van der Waals surface area contributed by atoms with E-state index in [0.717, 1.165) is 12.5 Å². The summed E-state index contributed by atoms with van der Waals surface area (Å²) in [4.78, 5) is 0.0197. The van der Waals surface area contributed by atoms with E-state index in [-0.39, 0.29) is 22.7 Å². The Labute approximate surface area is 125 Å². The van der Waals surface area contributed by atoms with Crippen molar-refractivity contribution in [3.8, 4) is 0 Å². The number of aryl methyl sites for hydroxylation is 1. The van der Waals surface area contributed by atoms with E-state index in [9.17, 15) is 12.8 Å². The second-order valence-corrected chi connectivity index (χ2v) is 7.51. The number of nitrogens with two attached hydrogens (primary N) is 1. The number of rotatable bonds is 3. The Kier molecular flexibility index (Phi) is 5.18. The first-order valence-electron chi connectivity index (χ1n) is 6.24. The molecule has 0 bridgehead atoms. The van der Waals surface area contributed by atoms with Crippen molar-refractivity contribution in [2.75, 3.05) is 19.6 Å². The lowest BCUT2D eigenvalue weighted by Crippen LogP contribution is -2.34. The Morgan fingerprint density at radius 1 is 1.40 bits per heavy atom. The Bertz CT molecular complexity index is 574. The maximum absolute atomic E-state index is 13.4. The van der Waals surface area contributed by atoms with Crippen LogP contribution in [0.5, 0.6) is 0 Å². The minimum Gasteiger partial charge on any atom is -0.330 e. The second kappa shape index (κ2) is 5.97. The van der Waals surface area contributed by atoms with Crippen LogP contribution < -0.4 is 5.73 Å². The molecular formula is C13H20ClFN2O2S. The molecule has 0 aromatic heterocycles.